The van der Waals surface area contributed by atoms with Gasteiger partial charge in [0.1, 0.15) is 0 Å². The van der Waals surface area contributed by atoms with Crippen LogP contribution in [0.1, 0.15) is 36.3 Å². The maximum Gasteiger partial charge on any atom is 0.251 e. The molecule has 0 atom stereocenters. The number of carbonyl (C=O) groups excluding carboxylic acids is 1. The van der Waals surface area contributed by atoms with Crippen LogP contribution >= 0.6 is 0 Å². The van der Waals surface area contributed by atoms with Crippen molar-refractivity contribution in [2.24, 2.45) is 5.73 Å². The summed E-state index contributed by atoms with van der Waals surface area (Å²) in [5, 5.41) is 2.92. The minimum absolute atomic E-state index is 0.0651. The Morgan fingerprint density at radius 1 is 1.42 bits per heavy atom. The first-order valence-corrected chi connectivity index (χ1v) is 6.86. The van der Waals surface area contributed by atoms with Gasteiger partial charge in [0, 0.05) is 31.4 Å². The number of nitrogens with two attached hydrogens (primary N) is 1. The van der Waals surface area contributed by atoms with Gasteiger partial charge in [-0.1, -0.05) is 13.8 Å². The van der Waals surface area contributed by atoms with Crippen LogP contribution in [0.4, 0.5) is 0 Å². The molecule has 1 aromatic heterocycles. The van der Waals surface area contributed by atoms with Gasteiger partial charge in [0.25, 0.3) is 5.91 Å². The number of likely N-dealkylation sites (N-methyl/N-ethyl adjacent to an activating group) is 1. The molecule has 0 unspecified atom stereocenters. The average molecular weight is 264 g/mol. The van der Waals surface area contributed by atoms with E-state index in [0.717, 1.165) is 31.7 Å². The third-order valence-corrected chi connectivity index (χ3v) is 2.99. The molecule has 19 heavy (non-hydrogen) atoms. The number of hydrogen-bond donors (Lipinski definition) is 2. The molecule has 0 aromatic carbocycles. The molecule has 1 heterocycles. The van der Waals surface area contributed by atoms with E-state index in [1.54, 1.807) is 18.3 Å². The van der Waals surface area contributed by atoms with Crippen LogP contribution in [0, 0.1) is 0 Å². The first-order valence-electron chi connectivity index (χ1n) is 6.86. The zero-order valence-corrected chi connectivity index (χ0v) is 11.9. The highest BCUT2D eigenvalue weighted by Crippen LogP contribution is 2.01. The van der Waals surface area contributed by atoms with Gasteiger partial charge in [-0.3, -0.25) is 9.78 Å². The fraction of sp³-hybridized carbons (Fsp3) is 0.571. The van der Waals surface area contributed by atoms with Crippen LogP contribution in [0.25, 0.3) is 0 Å². The van der Waals surface area contributed by atoms with Gasteiger partial charge < -0.3 is 16.0 Å². The molecule has 1 amide bonds. The van der Waals surface area contributed by atoms with Gasteiger partial charge in [-0.05, 0) is 31.6 Å². The molecule has 0 saturated carbocycles. The van der Waals surface area contributed by atoms with E-state index in [2.05, 4.69) is 29.0 Å². The van der Waals surface area contributed by atoms with Crippen molar-refractivity contribution in [3.8, 4) is 0 Å². The number of pyridine rings is 1. The monoisotopic (exact) mass is 264 g/mol. The van der Waals surface area contributed by atoms with Gasteiger partial charge in [0.05, 0.1) is 5.69 Å². The number of amides is 1. The van der Waals surface area contributed by atoms with Crippen LogP contribution in [0.3, 0.4) is 0 Å². The Balaban J connectivity index is 2.42. The highest BCUT2D eigenvalue weighted by molar-refractivity contribution is 5.94. The lowest BCUT2D eigenvalue weighted by molar-refractivity contribution is 0.0948. The standard InChI is InChI=1S/C14H24N4O/c1-3-8-18(4-2)9-7-17-14(19)12-5-6-16-13(10-12)11-15/h5-6,10H,3-4,7-9,11,15H2,1-2H3,(H,17,19). The van der Waals surface area contributed by atoms with Gasteiger partial charge in [-0.25, -0.2) is 0 Å². The van der Waals surface area contributed by atoms with E-state index in [1.165, 1.54) is 0 Å². The molecule has 5 nitrogen and oxygen atoms in total. The number of aromatic nitrogens is 1. The Bertz CT molecular complexity index is 395. The predicted octanol–water partition coefficient (Wildman–Crippen LogP) is 1.00. The molecule has 0 bridgehead atoms. The third-order valence-electron chi connectivity index (χ3n) is 2.99. The zero-order valence-electron chi connectivity index (χ0n) is 11.9. The predicted molar refractivity (Wildman–Crippen MR) is 76.9 cm³/mol. The molecule has 0 spiro atoms. The number of hydrogen-bond acceptors (Lipinski definition) is 4. The fourth-order valence-electron chi connectivity index (χ4n) is 1.90. The van der Waals surface area contributed by atoms with Crippen molar-refractivity contribution in [1.29, 1.82) is 0 Å². The van der Waals surface area contributed by atoms with Crippen LogP contribution in [0.5, 0.6) is 0 Å². The van der Waals surface area contributed by atoms with Crippen LogP contribution in [0.15, 0.2) is 18.3 Å². The molecule has 0 fully saturated rings. The lowest BCUT2D eigenvalue weighted by Crippen LogP contribution is -2.35. The molecule has 0 aliphatic carbocycles. The molecule has 5 heteroatoms. The highest BCUT2D eigenvalue weighted by Gasteiger charge is 2.07. The summed E-state index contributed by atoms with van der Waals surface area (Å²) < 4.78 is 0. The normalized spacial score (nSPS) is 10.7. The molecule has 1 rings (SSSR count). The van der Waals surface area contributed by atoms with Crippen LogP contribution in [0.2, 0.25) is 0 Å². The minimum atomic E-state index is -0.0651. The van der Waals surface area contributed by atoms with E-state index >= 15 is 0 Å². The first kappa shape index (κ1) is 15.6. The summed E-state index contributed by atoms with van der Waals surface area (Å²) >= 11 is 0. The second-order valence-corrected chi connectivity index (χ2v) is 4.43. The average Bonchev–Trinajstić information content (AvgIpc) is 2.46. The maximum absolute atomic E-state index is 11.9. The van der Waals surface area contributed by atoms with Crippen molar-refractivity contribution < 1.29 is 4.79 Å². The Morgan fingerprint density at radius 3 is 2.84 bits per heavy atom. The van der Waals surface area contributed by atoms with Crippen LogP contribution in [-0.2, 0) is 6.54 Å². The van der Waals surface area contributed by atoms with Crippen molar-refractivity contribution >= 4 is 5.91 Å². The van der Waals surface area contributed by atoms with E-state index in [1.807, 2.05) is 0 Å². The Labute approximate surface area is 115 Å². The summed E-state index contributed by atoms with van der Waals surface area (Å²) in [4.78, 5) is 18.3. The highest BCUT2D eigenvalue weighted by atomic mass is 16.1. The zero-order chi connectivity index (χ0) is 14.1. The minimum Gasteiger partial charge on any atom is -0.351 e. The molecule has 1 aromatic rings. The largest absolute Gasteiger partial charge is 0.351 e. The Morgan fingerprint density at radius 2 is 2.21 bits per heavy atom. The number of rotatable bonds is 8. The number of nitrogens with zero attached hydrogens (tertiary/aromatic N) is 2. The second-order valence-electron chi connectivity index (χ2n) is 4.43. The van der Waals surface area contributed by atoms with Gasteiger partial charge in [0.15, 0.2) is 0 Å². The number of carbonyl (C=O) groups is 1. The summed E-state index contributed by atoms with van der Waals surface area (Å²) in [6.45, 7) is 8.26. The quantitative estimate of drug-likeness (QED) is 0.735. The number of nitrogens with one attached hydrogen (secondary N) is 1. The van der Waals surface area contributed by atoms with Gasteiger partial charge in [-0.2, -0.15) is 0 Å². The molecule has 0 saturated heterocycles. The fourth-order valence-corrected chi connectivity index (χ4v) is 1.90. The summed E-state index contributed by atoms with van der Waals surface area (Å²) in [6, 6.07) is 3.44. The Kier molecular flexibility index (Phi) is 7.07. The summed E-state index contributed by atoms with van der Waals surface area (Å²) in [5.74, 6) is -0.0651. The maximum atomic E-state index is 11.9. The SMILES string of the molecule is CCCN(CC)CCNC(=O)c1ccnc(CN)c1. The van der Waals surface area contributed by atoms with E-state index < -0.39 is 0 Å². The van der Waals surface area contributed by atoms with Crippen LogP contribution < -0.4 is 11.1 Å². The Hall–Kier alpha value is -1.46. The van der Waals surface area contributed by atoms with Gasteiger partial charge in [0.2, 0.25) is 0 Å². The molecule has 0 aliphatic rings. The van der Waals surface area contributed by atoms with Gasteiger partial charge >= 0.3 is 0 Å². The van der Waals surface area contributed by atoms with Crippen molar-refractivity contribution in [1.82, 2.24) is 15.2 Å². The van der Waals surface area contributed by atoms with E-state index in [0.29, 0.717) is 18.7 Å². The topological polar surface area (TPSA) is 71.2 Å². The van der Waals surface area contributed by atoms with Crippen LogP contribution in [-0.4, -0.2) is 42.0 Å². The summed E-state index contributed by atoms with van der Waals surface area (Å²) in [6.07, 6.45) is 2.75. The molecular weight excluding hydrogens is 240 g/mol. The molecule has 0 radical (unpaired) electrons. The molecule has 106 valence electrons. The van der Waals surface area contributed by atoms with Crippen molar-refractivity contribution in [3.63, 3.8) is 0 Å². The second kappa shape index (κ2) is 8.61. The smallest absolute Gasteiger partial charge is 0.251 e. The van der Waals surface area contributed by atoms with Gasteiger partial charge in [-0.15, -0.1) is 0 Å². The molecular formula is C14H24N4O. The first-order chi connectivity index (χ1) is 9.21. The summed E-state index contributed by atoms with van der Waals surface area (Å²) in [7, 11) is 0. The van der Waals surface area contributed by atoms with Crippen molar-refractivity contribution in [2.45, 2.75) is 26.8 Å². The lowest BCUT2D eigenvalue weighted by atomic mass is 10.2. The van der Waals surface area contributed by atoms with Crippen molar-refractivity contribution in [3.05, 3.63) is 29.6 Å². The molecule has 3 N–H and O–H groups in total. The van der Waals surface area contributed by atoms with E-state index in [9.17, 15) is 4.79 Å². The summed E-state index contributed by atoms with van der Waals surface area (Å²) in [5.41, 5.74) is 6.86. The third kappa shape index (κ3) is 5.36. The van der Waals surface area contributed by atoms with E-state index in [-0.39, 0.29) is 5.91 Å². The van der Waals surface area contributed by atoms with Crippen molar-refractivity contribution in [2.75, 3.05) is 26.2 Å². The molecule has 0 aliphatic heterocycles. The van der Waals surface area contributed by atoms with E-state index in [4.69, 9.17) is 5.73 Å². The lowest BCUT2D eigenvalue weighted by Gasteiger charge is -2.19.